The van der Waals surface area contributed by atoms with E-state index in [1.807, 2.05) is 55.5 Å². The molecule has 0 atom stereocenters. The van der Waals surface area contributed by atoms with E-state index >= 15 is 0 Å². The number of hydrogen-bond donors (Lipinski definition) is 0. The first kappa shape index (κ1) is 24.3. The second kappa shape index (κ2) is 10.6. The monoisotopic (exact) mass is 649 g/mol. The van der Waals surface area contributed by atoms with Gasteiger partial charge in [-0.2, -0.15) is 0 Å². The number of carbonyl (C=O) groups is 2. The first-order valence-corrected chi connectivity index (χ1v) is 13.2. The Kier molecular flexibility index (Phi) is 7.79. The van der Waals surface area contributed by atoms with E-state index < -0.39 is 0 Å². The maximum Gasteiger partial charge on any atom is 0.293 e. The predicted octanol–water partition coefficient (Wildman–Crippen LogP) is 8.10. The summed E-state index contributed by atoms with van der Waals surface area (Å²) >= 11 is 11.6. The third kappa shape index (κ3) is 5.80. The maximum atomic E-state index is 12.9. The highest BCUT2D eigenvalue weighted by Crippen LogP contribution is 2.38. The Labute approximate surface area is 221 Å². The van der Waals surface area contributed by atoms with Crippen molar-refractivity contribution < 1.29 is 14.3 Å². The lowest BCUT2D eigenvalue weighted by Crippen LogP contribution is -2.27. The Morgan fingerprint density at radius 2 is 1.61 bits per heavy atom. The van der Waals surface area contributed by atoms with Gasteiger partial charge in [-0.3, -0.25) is 14.5 Å². The lowest BCUT2D eigenvalue weighted by atomic mass is 10.1. The molecule has 1 saturated heterocycles. The van der Waals surface area contributed by atoms with Crippen molar-refractivity contribution in [3.8, 4) is 5.75 Å². The molecule has 8 heteroatoms. The van der Waals surface area contributed by atoms with Crippen molar-refractivity contribution in [1.29, 1.82) is 0 Å². The van der Waals surface area contributed by atoms with Gasteiger partial charge in [-0.15, -0.1) is 0 Å². The molecule has 0 aromatic heterocycles. The zero-order valence-electron chi connectivity index (χ0n) is 17.5. The molecule has 1 aliphatic rings. The summed E-state index contributed by atoms with van der Waals surface area (Å²) in [6.45, 7) is 2.71. The first-order valence-electron chi connectivity index (χ1n) is 9.98. The molecular weight excluding hydrogens is 634 g/mol. The van der Waals surface area contributed by atoms with Crippen LogP contribution in [-0.2, 0) is 17.9 Å². The van der Waals surface area contributed by atoms with Crippen LogP contribution in [0.5, 0.6) is 5.75 Å². The van der Waals surface area contributed by atoms with E-state index in [4.69, 9.17) is 4.74 Å². The Morgan fingerprint density at radius 3 is 2.27 bits per heavy atom. The maximum absolute atomic E-state index is 12.9. The third-order valence-corrected chi connectivity index (χ3v) is 7.84. The SMILES string of the molecule is Cc1ccc(COc2c(Br)cc(/C=C3\SC(=O)N(Cc4ccccc4Br)C3=O)cc2Br)cc1. The van der Waals surface area contributed by atoms with Gasteiger partial charge >= 0.3 is 0 Å². The van der Waals surface area contributed by atoms with Crippen LogP contribution >= 0.6 is 59.6 Å². The van der Waals surface area contributed by atoms with Gasteiger partial charge in [0, 0.05) is 4.47 Å². The Morgan fingerprint density at radius 1 is 0.939 bits per heavy atom. The molecule has 4 nitrogen and oxygen atoms in total. The highest BCUT2D eigenvalue weighted by Gasteiger charge is 2.35. The van der Waals surface area contributed by atoms with Crippen LogP contribution in [0.15, 0.2) is 79.0 Å². The van der Waals surface area contributed by atoms with Crippen molar-refractivity contribution in [3.05, 3.63) is 101 Å². The molecule has 0 spiro atoms. The van der Waals surface area contributed by atoms with E-state index in [1.165, 1.54) is 10.5 Å². The number of imide groups is 1. The smallest absolute Gasteiger partial charge is 0.293 e. The topological polar surface area (TPSA) is 46.6 Å². The van der Waals surface area contributed by atoms with Crippen molar-refractivity contribution >= 4 is 76.8 Å². The molecule has 33 heavy (non-hydrogen) atoms. The summed E-state index contributed by atoms with van der Waals surface area (Å²) in [6, 6.07) is 19.5. The minimum absolute atomic E-state index is 0.225. The lowest BCUT2D eigenvalue weighted by Gasteiger charge is -2.13. The molecule has 1 heterocycles. The van der Waals surface area contributed by atoms with E-state index in [-0.39, 0.29) is 17.7 Å². The van der Waals surface area contributed by atoms with Crippen LogP contribution < -0.4 is 4.74 Å². The van der Waals surface area contributed by atoms with Crippen LogP contribution in [0.25, 0.3) is 6.08 Å². The Hall–Kier alpha value is -1.87. The first-order chi connectivity index (χ1) is 15.8. The van der Waals surface area contributed by atoms with Crippen LogP contribution in [0.4, 0.5) is 4.79 Å². The van der Waals surface area contributed by atoms with Crippen molar-refractivity contribution in [3.63, 3.8) is 0 Å². The molecule has 4 rings (SSSR count). The average molecular weight is 652 g/mol. The number of halogens is 3. The molecule has 0 unspecified atom stereocenters. The number of rotatable bonds is 6. The van der Waals surface area contributed by atoms with Crippen LogP contribution in [-0.4, -0.2) is 16.0 Å². The summed E-state index contributed by atoms with van der Waals surface area (Å²) < 4.78 is 8.37. The van der Waals surface area contributed by atoms with E-state index in [1.54, 1.807) is 6.08 Å². The molecule has 3 aromatic carbocycles. The van der Waals surface area contributed by atoms with Gasteiger partial charge in [0.25, 0.3) is 11.1 Å². The van der Waals surface area contributed by atoms with Gasteiger partial charge in [0.15, 0.2) is 0 Å². The summed E-state index contributed by atoms with van der Waals surface area (Å²) in [7, 11) is 0. The van der Waals surface area contributed by atoms with Crippen molar-refractivity contribution in [2.24, 2.45) is 0 Å². The van der Waals surface area contributed by atoms with Gasteiger partial charge in [-0.1, -0.05) is 64.0 Å². The molecular formula is C25H18Br3NO3S. The number of carbonyl (C=O) groups excluding carboxylic acids is 2. The van der Waals surface area contributed by atoms with Crippen molar-refractivity contribution in [1.82, 2.24) is 4.90 Å². The number of benzene rings is 3. The molecule has 3 aromatic rings. The Balaban J connectivity index is 1.50. The van der Waals surface area contributed by atoms with E-state index in [9.17, 15) is 9.59 Å². The van der Waals surface area contributed by atoms with Gasteiger partial charge in [0.2, 0.25) is 0 Å². The lowest BCUT2D eigenvalue weighted by molar-refractivity contribution is -0.123. The fourth-order valence-corrected chi connectivity index (χ4v) is 5.92. The Bertz CT molecular complexity index is 1240. The van der Waals surface area contributed by atoms with E-state index in [2.05, 4.69) is 59.9 Å². The molecule has 1 aliphatic heterocycles. The van der Waals surface area contributed by atoms with Crippen LogP contribution in [0.2, 0.25) is 0 Å². The molecule has 0 radical (unpaired) electrons. The molecule has 168 valence electrons. The minimum atomic E-state index is -0.298. The van der Waals surface area contributed by atoms with Gasteiger partial charge in [-0.25, -0.2) is 0 Å². The second-order valence-electron chi connectivity index (χ2n) is 7.45. The van der Waals surface area contributed by atoms with Crippen LogP contribution in [0.3, 0.4) is 0 Å². The summed E-state index contributed by atoms with van der Waals surface area (Å²) in [4.78, 5) is 27.1. The predicted molar refractivity (Wildman–Crippen MR) is 143 cm³/mol. The molecule has 0 saturated carbocycles. The molecule has 2 amide bonds. The molecule has 0 bridgehead atoms. The quantitative estimate of drug-likeness (QED) is 0.253. The van der Waals surface area contributed by atoms with E-state index in [0.717, 1.165) is 41.9 Å². The third-order valence-electron chi connectivity index (χ3n) is 4.98. The van der Waals surface area contributed by atoms with Gasteiger partial charge < -0.3 is 4.74 Å². The standard InChI is InChI=1S/C25H18Br3NO3S/c1-15-6-8-16(9-7-15)14-32-23-20(27)10-17(11-21(23)28)12-22-24(30)29(25(31)33-22)13-18-4-2-3-5-19(18)26/h2-12H,13-14H2,1H3/b22-12-. The zero-order chi connectivity index (χ0) is 23.5. The number of aryl methyl sites for hydroxylation is 1. The van der Waals surface area contributed by atoms with E-state index in [0.29, 0.717) is 17.3 Å². The highest BCUT2D eigenvalue weighted by atomic mass is 79.9. The summed E-state index contributed by atoms with van der Waals surface area (Å²) in [5, 5.41) is -0.279. The zero-order valence-corrected chi connectivity index (χ0v) is 23.1. The van der Waals surface area contributed by atoms with Crippen molar-refractivity contribution in [2.45, 2.75) is 20.1 Å². The van der Waals surface area contributed by atoms with Crippen LogP contribution in [0, 0.1) is 6.92 Å². The number of hydrogen-bond acceptors (Lipinski definition) is 4. The number of thioether (sulfide) groups is 1. The summed E-state index contributed by atoms with van der Waals surface area (Å²) in [5.74, 6) is 0.377. The molecule has 0 aliphatic carbocycles. The number of ether oxygens (including phenoxy) is 1. The second-order valence-corrected chi connectivity index (χ2v) is 11.0. The van der Waals surface area contributed by atoms with Gasteiger partial charge in [0.05, 0.1) is 20.4 Å². The number of amides is 2. The highest BCUT2D eigenvalue weighted by molar-refractivity contribution is 9.11. The summed E-state index contributed by atoms with van der Waals surface area (Å²) in [5.41, 5.74) is 3.93. The fraction of sp³-hybridized carbons (Fsp3) is 0.120. The van der Waals surface area contributed by atoms with Gasteiger partial charge in [-0.05, 0) is 91.5 Å². The fourth-order valence-electron chi connectivity index (χ4n) is 3.23. The normalized spacial score (nSPS) is 14.9. The molecule has 1 fully saturated rings. The summed E-state index contributed by atoms with van der Waals surface area (Å²) in [6.07, 6.45) is 1.73. The minimum Gasteiger partial charge on any atom is -0.487 e. The molecule has 0 N–H and O–H groups in total. The van der Waals surface area contributed by atoms with Crippen LogP contribution in [0.1, 0.15) is 22.3 Å². The van der Waals surface area contributed by atoms with Crippen molar-refractivity contribution in [2.75, 3.05) is 0 Å². The largest absolute Gasteiger partial charge is 0.487 e. The average Bonchev–Trinajstić information content (AvgIpc) is 3.03. The van der Waals surface area contributed by atoms with Gasteiger partial charge in [0.1, 0.15) is 12.4 Å². The number of nitrogens with zero attached hydrogens (tertiary/aromatic N) is 1.